The molecule has 3 atom stereocenters. The van der Waals surface area contributed by atoms with E-state index < -0.39 is 5.97 Å². The SMILES string of the molecule is O=C(O)[C@H]1CCCC(C2c3sccc3-c3cncn32)C1. The van der Waals surface area contributed by atoms with Crippen LogP contribution in [0.1, 0.15) is 36.6 Å². The van der Waals surface area contributed by atoms with Gasteiger partial charge in [0.1, 0.15) is 0 Å². The van der Waals surface area contributed by atoms with Crippen molar-refractivity contribution in [3.05, 3.63) is 28.8 Å². The quantitative estimate of drug-likeness (QED) is 0.921. The van der Waals surface area contributed by atoms with E-state index in [-0.39, 0.29) is 5.92 Å². The van der Waals surface area contributed by atoms with E-state index >= 15 is 0 Å². The van der Waals surface area contributed by atoms with Gasteiger partial charge in [0.2, 0.25) is 0 Å². The van der Waals surface area contributed by atoms with Crippen LogP contribution in [-0.4, -0.2) is 20.6 Å². The summed E-state index contributed by atoms with van der Waals surface area (Å²) in [4.78, 5) is 16.9. The second kappa shape index (κ2) is 4.45. The number of imidazole rings is 1. The van der Waals surface area contributed by atoms with Crippen LogP contribution in [0.4, 0.5) is 0 Å². The van der Waals surface area contributed by atoms with E-state index in [2.05, 4.69) is 21.0 Å². The molecule has 5 heteroatoms. The lowest BCUT2D eigenvalue weighted by Gasteiger charge is -2.31. The zero-order valence-electron chi connectivity index (χ0n) is 11.0. The fourth-order valence-corrected chi connectivity index (χ4v) is 4.90. The molecular weight excluding hydrogens is 272 g/mol. The van der Waals surface area contributed by atoms with Crippen molar-refractivity contribution < 1.29 is 9.90 Å². The van der Waals surface area contributed by atoms with Crippen LogP contribution in [0.2, 0.25) is 0 Å². The molecule has 4 nitrogen and oxygen atoms in total. The Morgan fingerprint density at radius 3 is 3.20 bits per heavy atom. The van der Waals surface area contributed by atoms with Crippen molar-refractivity contribution in [1.82, 2.24) is 9.55 Å². The van der Waals surface area contributed by atoms with Gasteiger partial charge in [0.15, 0.2) is 0 Å². The van der Waals surface area contributed by atoms with Gasteiger partial charge < -0.3 is 9.67 Å². The lowest BCUT2D eigenvalue weighted by Crippen LogP contribution is -2.27. The van der Waals surface area contributed by atoms with Gasteiger partial charge in [0, 0.05) is 10.4 Å². The number of hydrogen-bond acceptors (Lipinski definition) is 3. The summed E-state index contributed by atoms with van der Waals surface area (Å²) in [5.41, 5.74) is 2.47. The van der Waals surface area contributed by atoms with Crippen molar-refractivity contribution in [1.29, 1.82) is 0 Å². The van der Waals surface area contributed by atoms with E-state index in [0.717, 1.165) is 25.7 Å². The molecule has 2 unspecified atom stereocenters. The molecule has 1 N–H and O–H groups in total. The van der Waals surface area contributed by atoms with Gasteiger partial charge in [-0.3, -0.25) is 4.79 Å². The molecule has 2 aromatic rings. The second-order valence-corrected chi connectivity index (χ2v) is 6.74. The van der Waals surface area contributed by atoms with Crippen molar-refractivity contribution in [2.24, 2.45) is 11.8 Å². The third-order valence-corrected chi connectivity index (χ3v) is 5.70. The summed E-state index contributed by atoms with van der Waals surface area (Å²) in [5, 5.41) is 11.4. The van der Waals surface area contributed by atoms with Gasteiger partial charge in [-0.25, -0.2) is 4.98 Å². The average Bonchev–Trinajstić information content (AvgIpc) is 3.10. The van der Waals surface area contributed by atoms with Crippen LogP contribution in [0, 0.1) is 11.8 Å². The molecule has 0 aromatic carbocycles. The van der Waals surface area contributed by atoms with Gasteiger partial charge in [-0.15, -0.1) is 11.3 Å². The molecule has 0 amide bonds. The minimum atomic E-state index is -0.634. The monoisotopic (exact) mass is 288 g/mol. The fourth-order valence-electron chi connectivity index (χ4n) is 3.80. The third-order valence-electron chi connectivity index (χ3n) is 4.72. The van der Waals surface area contributed by atoms with Gasteiger partial charge in [0.05, 0.1) is 30.2 Å². The van der Waals surface area contributed by atoms with Crippen molar-refractivity contribution in [2.75, 3.05) is 0 Å². The second-order valence-electron chi connectivity index (χ2n) is 5.79. The van der Waals surface area contributed by atoms with Crippen LogP contribution in [0.15, 0.2) is 24.0 Å². The Kier molecular flexibility index (Phi) is 2.70. The van der Waals surface area contributed by atoms with Gasteiger partial charge in [-0.1, -0.05) is 6.42 Å². The predicted octanol–water partition coefficient (Wildman–Crippen LogP) is 3.41. The molecule has 1 fully saturated rings. The number of hydrogen-bond donors (Lipinski definition) is 1. The average molecular weight is 288 g/mol. The molecular formula is C15H16N2O2S. The zero-order chi connectivity index (χ0) is 13.7. The molecule has 2 aliphatic rings. The Balaban J connectivity index is 1.71. The predicted molar refractivity (Wildman–Crippen MR) is 76.8 cm³/mol. The Hall–Kier alpha value is -1.62. The topological polar surface area (TPSA) is 55.1 Å². The van der Waals surface area contributed by atoms with Crippen LogP contribution in [0.5, 0.6) is 0 Å². The molecule has 1 aliphatic carbocycles. The third kappa shape index (κ3) is 1.66. The van der Waals surface area contributed by atoms with Crippen molar-refractivity contribution >= 4 is 17.3 Å². The molecule has 3 heterocycles. The number of carbonyl (C=O) groups is 1. The zero-order valence-corrected chi connectivity index (χ0v) is 11.8. The van der Waals surface area contributed by atoms with Crippen LogP contribution in [0.25, 0.3) is 11.3 Å². The number of nitrogens with zero attached hydrogens (tertiary/aromatic N) is 2. The van der Waals surface area contributed by atoms with E-state index in [4.69, 9.17) is 0 Å². The van der Waals surface area contributed by atoms with Gasteiger partial charge in [-0.2, -0.15) is 0 Å². The van der Waals surface area contributed by atoms with E-state index in [1.807, 2.05) is 12.5 Å². The smallest absolute Gasteiger partial charge is 0.306 e. The summed E-state index contributed by atoms with van der Waals surface area (Å²) in [6.45, 7) is 0. The number of thiophene rings is 1. The van der Waals surface area contributed by atoms with Crippen LogP contribution < -0.4 is 0 Å². The Morgan fingerprint density at radius 1 is 1.45 bits per heavy atom. The van der Waals surface area contributed by atoms with E-state index in [9.17, 15) is 9.90 Å². The van der Waals surface area contributed by atoms with Crippen molar-refractivity contribution in [2.45, 2.75) is 31.7 Å². The highest BCUT2D eigenvalue weighted by Crippen LogP contribution is 2.49. The number of fused-ring (bicyclic) bond motifs is 3. The number of carboxylic acids is 1. The van der Waals surface area contributed by atoms with Crippen molar-refractivity contribution in [3.8, 4) is 11.3 Å². The van der Waals surface area contributed by atoms with Gasteiger partial charge in [-0.05, 0) is 36.6 Å². The Labute approximate surface area is 121 Å². The van der Waals surface area contributed by atoms with E-state index in [1.165, 1.54) is 16.1 Å². The lowest BCUT2D eigenvalue weighted by molar-refractivity contribution is -0.143. The van der Waals surface area contributed by atoms with Gasteiger partial charge in [0.25, 0.3) is 0 Å². The highest BCUT2D eigenvalue weighted by atomic mass is 32.1. The molecule has 0 radical (unpaired) electrons. The van der Waals surface area contributed by atoms with Gasteiger partial charge >= 0.3 is 5.97 Å². The summed E-state index contributed by atoms with van der Waals surface area (Å²) in [6.07, 6.45) is 7.56. The number of carboxylic acid groups (broad SMARTS) is 1. The molecule has 2 aromatic heterocycles. The van der Waals surface area contributed by atoms with Crippen LogP contribution in [-0.2, 0) is 4.79 Å². The maximum atomic E-state index is 11.3. The molecule has 0 spiro atoms. The summed E-state index contributed by atoms with van der Waals surface area (Å²) in [5.74, 6) is -0.396. The molecule has 104 valence electrons. The van der Waals surface area contributed by atoms with E-state index in [0.29, 0.717) is 12.0 Å². The fraction of sp³-hybridized carbons (Fsp3) is 0.467. The first-order valence-electron chi connectivity index (χ1n) is 7.08. The minimum absolute atomic E-state index is 0.176. The first-order chi connectivity index (χ1) is 9.75. The molecule has 4 rings (SSSR count). The number of rotatable bonds is 2. The van der Waals surface area contributed by atoms with E-state index in [1.54, 1.807) is 11.3 Å². The molecule has 1 aliphatic heterocycles. The highest BCUT2D eigenvalue weighted by molar-refractivity contribution is 7.10. The molecule has 1 saturated carbocycles. The van der Waals surface area contributed by atoms with Crippen LogP contribution >= 0.6 is 11.3 Å². The largest absolute Gasteiger partial charge is 0.481 e. The summed E-state index contributed by atoms with van der Waals surface area (Å²) < 4.78 is 2.25. The first-order valence-corrected chi connectivity index (χ1v) is 7.96. The Bertz CT molecular complexity index is 620. The maximum absolute atomic E-state index is 11.3. The standard InChI is InChI=1S/C15H16N2O2S/c18-15(19)10-3-1-2-9(6-10)13-14-11(4-5-20-14)12-7-16-8-17(12)13/h4-5,7-10,13H,1-3,6H2,(H,18,19)/t9?,10-,13?/m0/s1. The Morgan fingerprint density at radius 2 is 2.35 bits per heavy atom. The number of aromatic nitrogens is 2. The highest BCUT2D eigenvalue weighted by Gasteiger charge is 2.39. The van der Waals surface area contributed by atoms with Crippen molar-refractivity contribution in [3.63, 3.8) is 0 Å². The van der Waals surface area contributed by atoms with Crippen LogP contribution in [0.3, 0.4) is 0 Å². The molecule has 0 saturated heterocycles. The minimum Gasteiger partial charge on any atom is -0.481 e. The summed E-state index contributed by atoms with van der Waals surface area (Å²) >= 11 is 1.79. The molecule has 20 heavy (non-hydrogen) atoms. The maximum Gasteiger partial charge on any atom is 0.306 e. The first kappa shape index (κ1) is 12.1. The number of aliphatic carboxylic acids is 1. The summed E-state index contributed by atoms with van der Waals surface area (Å²) in [6, 6.07) is 2.45. The molecule has 0 bridgehead atoms. The normalized spacial score (nSPS) is 28.1. The summed E-state index contributed by atoms with van der Waals surface area (Å²) in [7, 11) is 0. The lowest BCUT2D eigenvalue weighted by atomic mass is 9.77.